The van der Waals surface area contributed by atoms with Gasteiger partial charge in [0.25, 0.3) is 0 Å². The molecule has 7 heteroatoms. The Kier molecular flexibility index (Phi) is 4.72. The second-order valence-electron chi connectivity index (χ2n) is 7.14. The van der Waals surface area contributed by atoms with Gasteiger partial charge >= 0.3 is 0 Å². The fraction of sp³-hybridized carbons (Fsp3) is 0.526. The first-order valence-electron chi connectivity index (χ1n) is 9.17. The standard InChI is InChI=1S/C19H23FN4O2/c20-16-3-1-15(2-4-16)19(7-11-26-12-8-19)18(25)24-9-5-14(6-10-24)17-21-13-22-23-17/h1-4,13-14H,5-12H2,(H,21,22,23). The predicted octanol–water partition coefficient (Wildman–Crippen LogP) is 2.40. The van der Waals surface area contributed by atoms with Crippen molar-refractivity contribution in [1.29, 1.82) is 0 Å². The molecule has 26 heavy (non-hydrogen) atoms. The van der Waals surface area contributed by atoms with Gasteiger partial charge in [-0.3, -0.25) is 9.89 Å². The molecule has 0 saturated carbocycles. The Bertz CT molecular complexity index is 733. The average Bonchev–Trinajstić information content (AvgIpc) is 3.23. The van der Waals surface area contributed by atoms with Crippen LogP contribution in [0.1, 0.15) is 43.0 Å². The number of amides is 1. The lowest BCUT2D eigenvalue weighted by atomic mass is 9.72. The van der Waals surface area contributed by atoms with E-state index in [0.29, 0.717) is 45.1 Å². The number of carbonyl (C=O) groups excluding carboxylic acids is 1. The number of halogens is 1. The Labute approximate surface area is 151 Å². The number of piperidine rings is 1. The first kappa shape index (κ1) is 17.1. The van der Waals surface area contributed by atoms with E-state index in [4.69, 9.17) is 4.74 Å². The zero-order valence-electron chi connectivity index (χ0n) is 14.7. The van der Waals surface area contributed by atoms with E-state index < -0.39 is 5.41 Å². The Morgan fingerprint density at radius 3 is 2.50 bits per heavy atom. The number of hydrogen-bond acceptors (Lipinski definition) is 4. The van der Waals surface area contributed by atoms with Crippen LogP contribution in [0, 0.1) is 5.82 Å². The van der Waals surface area contributed by atoms with E-state index in [1.807, 2.05) is 4.90 Å². The average molecular weight is 358 g/mol. The minimum atomic E-state index is -0.606. The van der Waals surface area contributed by atoms with Crippen molar-refractivity contribution in [2.24, 2.45) is 0 Å². The summed E-state index contributed by atoms with van der Waals surface area (Å²) in [6, 6.07) is 6.38. The molecule has 2 aliphatic rings. The van der Waals surface area contributed by atoms with Crippen molar-refractivity contribution >= 4 is 5.91 Å². The van der Waals surface area contributed by atoms with Crippen LogP contribution in [0.25, 0.3) is 0 Å². The van der Waals surface area contributed by atoms with Crippen LogP contribution in [-0.4, -0.2) is 52.3 Å². The summed E-state index contributed by atoms with van der Waals surface area (Å²) < 4.78 is 18.9. The molecular formula is C19H23FN4O2. The maximum Gasteiger partial charge on any atom is 0.233 e. The van der Waals surface area contributed by atoms with E-state index in [1.54, 1.807) is 12.1 Å². The molecule has 1 aromatic carbocycles. The lowest BCUT2D eigenvalue weighted by molar-refractivity contribution is -0.142. The summed E-state index contributed by atoms with van der Waals surface area (Å²) in [5.74, 6) is 1.08. The number of carbonyl (C=O) groups is 1. The Hall–Kier alpha value is -2.28. The number of likely N-dealkylation sites (tertiary alicyclic amines) is 1. The molecule has 2 fully saturated rings. The second kappa shape index (κ2) is 7.15. The van der Waals surface area contributed by atoms with Crippen LogP contribution in [0.5, 0.6) is 0 Å². The largest absolute Gasteiger partial charge is 0.381 e. The van der Waals surface area contributed by atoms with Crippen LogP contribution in [0.2, 0.25) is 0 Å². The number of hydrogen-bond donors (Lipinski definition) is 1. The van der Waals surface area contributed by atoms with Gasteiger partial charge in [-0.1, -0.05) is 12.1 Å². The van der Waals surface area contributed by atoms with Crippen molar-refractivity contribution in [3.63, 3.8) is 0 Å². The Morgan fingerprint density at radius 1 is 1.19 bits per heavy atom. The molecule has 1 amide bonds. The molecule has 138 valence electrons. The van der Waals surface area contributed by atoms with Crippen molar-refractivity contribution in [3.8, 4) is 0 Å². The molecular weight excluding hydrogens is 335 g/mol. The molecule has 0 atom stereocenters. The van der Waals surface area contributed by atoms with Gasteiger partial charge in [0, 0.05) is 32.2 Å². The van der Waals surface area contributed by atoms with Crippen LogP contribution in [-0.2, 0) is 14.9 Å². The zero-order chi connectivity index (χ0) is 18.0. The Morgan fingerprint density at radius 2 is 1.88 bits per heavy atom. The number of nitrogens with zero attached hydrogens (tertiary/aromatic N) is 3. The third kappa shape index (κ3) is 3.11. The van der Waals surface area contributed by atoms with E-state index in [2.05, 4.69) is 15.2 Å². The molecule has 1 N–H and O–H groups in total. The number of benzene rings is 1. The predicted molar refractivity (Wildman–Crippen MR) is 93.1 cm³/mol. The minimum absolute atomic E-state index is 0.142. The summed E-state index contributed by atoms with van der Waals surface area (Å²) >= 11 is 0. The van der Waals surface area contributed by atoms with Gasteiger partial charge in [0.1, 0.15) is 18.0 Å². The van der Waals surface area contributed by atoms with E-state index in [9.17, 15) is 9.18 Å². The number of aromatic nitrogens is 3. The molecule has 0 aliphatic carbocycles. The minimum Gasteiger partial charge on any atom is -0.381 e. The highest BCUT2D eigenvalue weighted by Gasteiger charge is 2.44. The van der Waals surface area contributed by atoms with Crippen LogP contribution in [0.15, 0.2) is 30.6 Å². The SMILES string of the molecule is O=C(N1CCC(c2ncn[nH]2)CC1)C1(c2ccc(F)cc2)CCOCC1. The molecule has 0 unspecified atom stereocenters. The Balaban J connectivity index is 1.53. The van der Waals surface area contributed by atoms with E-state index >= 15 is 0 Å². The fourth-order valence-electron chi connectivity index (χ4n) is 4.19. The maximum absolute atomic E-state index is 13.5. The fourth-order valence-corrected chi connectivity index (χ4v) is 4.19. The topological polar surface area (TPSA) is 71.1 Å². The summed E-state index contributed by atoms with van der Waals surface area (Å²) in [4.78, 5) is 19.7. The first-order chi connectivity index (χ1) is 12.7. The monoisotopic (exact) mass is 358 g/mol. The quantitative estimate of drug-likeness (QED) is 0.915. The lowest BCUT2D eigenvalue weighted by Crippen LogP contribution is -2.52. The van der Waals surface area contributed by atoms with Crippen molar-refractivity contribution in [2.75, 3.05) is 26.3 Å². The first-order valence-corrected chi connectivity index (χ1v) is 9.17. The van der Waals surface area contributed by atoms with Crippen LogP contribution < -0.4 is 0 Å². The summed E-state index contributed by atoms with van der Waals surface area (Å²) in [6.45, 7) is 2.51. The molecule has 4 rings (SSSR count). The van der Waals surface area contributed by atoms with Crippen molar-refractivity contribution in [2.45, 2.75) is 37.0 Å². The molecule has 2 saturated heterocycles. The number of rotatable bonds is 3. The highest BCUT2D eigenvalue weighted by molar-refractivity contribution is 5.88. The van der Waals surface area contributed by atoms with Crippen LogP contribution >= 0.6 is 0 Å². The number of H-pyrrole nitrogens is 1. The molecule has 2 aromatic rings. The molecule has 2 aliphatic heterocycles. The van der Waals surface area contributed by atoms with Gasteiger partial charge in [-0.2, -0.15) is 5.10 Å². The third-order valence-electron chi connectivity index (χ3n) is 5.76. The zero-order valence-corrected chi connectivity index (χ0v) is 14.7. The van der Waals surface area contributed by atoms with Crippen molar-refractivity contribution in [1.82, 2.24) is 20.1 Å². The molecule has 0 spiro atoms. The number of ether oxygens (including phenoxy) is 1. The molecule has 3 heterocycles. The summed E-state index contributed by atoms with van der Waals surface area (Å²) in [7, 11) is 0. The van der Waals surface area contributed by atoms with Gasteiger partial charge in [-0.15, -0.1) is 0 Å². The smallest absolute Gasteiger partial charge is 0.233 e. The van der Waals surface area contributed by atoms with Crippen molar-refractivity contribution < 1.29 is 13.9 Å². The lowest BCUT2D eigenvalue weighted by Gasteiger charge is -2.42. The normalized spacial score (nSPS) is 20.9. The molecule has 1 aromatic heterocycles. The second-order valence-corrected chi connectivity index (χ2v) is 7.14. The third-order valence-corrected chi connectivity index (χ3v) is 5.76. The van der Waals surface area contributed by atoms with Gasteiger partial charge in [0.05, 0.1) is 5.41 Å². The summed E-state index contributed by atoms with van der Waals surface area (Å²) in [6.07, 6.45) is 4.55. The van der Waals surface area contributed by atoms with Crippen LogP contribution in [0.3, 0.4) is 0 Å². The van der Waals surface area contributed by atoms with Gasteiger partial charge in [0.2, 0.25) is 5.91 Å². The highest BCUT2D eigenvalue weighted by atomic mass is 19.1. The molecule has 0 bridgehead atoms. The summed E-state index contributed by atoms with van der Waals surface area (Å²) in [5.41, 5.74) is 0.287. The van der Waals surface area contributed by atoms with Crippen LogP contribution in [0.4, 0.5) is 4.39 Å². The summed E-state index contributed by atoms with van der Waals surface area (Å²) in [5, 5.41) is 6.86. The van der Waals surface area contributed by atoms with Crippen molar-refractivity contribution in [3.05, 3.63) is 47.8 Å². The van der Waals surface area contributed by atoms with Gasteiger partial charge in [-0.05, 0) is 43.4 Å². The highest BCUT2D eigenvalue weighted by Crippen LogP contribution is 2.38. The number of aromatic amines is 1. The van der Waals surface area contributed by atoms with E-state index in [-0.39, 0.29) is 11.7 Å². The maximum atomic E-state index is 13.5. The van der Waals surface area contributed by atoms with E-state index in [0.717, 1.165) is 24.2 Å². The van der Waals surface area contributed by atoms with Gasteiger partial charge in [-0.25, -0.2) is 9.37 Å². The number of nitrogens with one attached hydrogen (secondary N) is 1. The van der Waals surface area contributed by atoms with E-state index in [1.165, 1.54) is 18.5 Å². The molecule has 0 radical (unpaired) electrons. The van der Waals surface area contributed by atoms with Gasteiger partial charge in [0.15, 0.2) is 0 Å². The molecule has 6 nitrogen and oxygen atoms in total. The van der Waals surface area contributed by atoms with Gasteiger partial charge < -0.3 is 9.64 Å².